The lowest BCUT2D eigenvalue weighted by molar-refractivity contribution is 0.0535. The van der Waals surface area contributed by atoms with Crippen LogP contribution < -0.4 is 0 Å². The summed E-state index contributed by atoms with van der Waals surface area (Å²) in [6, 6.07) is 6.17. The first-order valence-electron chi connectivity index (χ1n) is 10.5. The van der Waals surface area contributed by atoms with E-state index < -0.39 is 44.2 Å². The van der Waals surface area contributed by atoms with E-state index in [0.29, 0.717) is 25.9 Å². The molecule has 2 amide bonds. The zero-order chi connectivity index (χ0) is 23.8. The fraction of sp³-hybridized carbons (Fsp3) is 0.364. The molecule has 0 aromatic heterocycles. The van der Waals surface area contributed by atoms with E-state index in [1.807, 2.05) is 0 Å². The van der Waals surface area contributed by atoms with Gasteiger partial charge in [0.15, 0.2) is 11.6 Å². The number of hydrogen-bond acceptors (Lipinski definition) is 4. The van der Waals surface area contributed by atoms with E-state index >= 15 is 0 Å². The normalized spacial score (nSPS) is 17.4. The third kappa shape index (κ3) is 4.60. The molecule has 2 saturated heterocycles. The molecule has 2 aliphatic rings. The Morgan fingerprint density at radius 3 is 1.67 bits per heavy atom. The van der Waals surface area contributed by atoms with Gasteiger partial charge in [-0.05, 0) is 49.2 Å². The molecule has 2 heterocycles. The van der Waals surface area contributed by atoms with Crippen molar-refractivity contribution in [2.45, 2.75) is 17.7 Å². The summed E-state index contributed by atoms with van der Waals surface area (Å²) in [4.78, 5) is 27.8. The van der Waals surface area contributed by atoms with Gasteiger partial charge in [0.25, 0.3) is 11.8 Å². The number of carbonyl (C=O) groups excluding carboxylic acids is 2. The maximum atomic E-state index is 14.4. The molecule has 11 heteroatoms. The average Bonchev–Trinajstić information content (AvgIpc) is 3.36. The highest BCUT2D eigenvalue weighted by Crippen LogP contribution is 2.25. The highest BCUT2D eigenvalue weighted by molar-refractivity contribution is 7.89. The highest BCUT2D eigenvalue weighted by Gasteiger charge is 2.32. The average molecular weight is 481 g/mol. The van der Waals surface area contributed by atoms with Gasteiger partial charge in [-0.25, -0.2) is 21.6 Å². The molecule has 0 unspecified atom stereocenters. The molecule has 2 aliphatic heterocycles. The number of piperazine rings is 1. The van der Waals surface area contributed by atoms with Crippen LogP contribution >= 0.6 is 0 Å². The Morgan fingerprint density at radius 1 is 0.667 bits per heavy atom. The Balaban J connectivity index is 1.45. The maximum absolute atomic E-state index is 14.4. The minimum absolute atomic E-state index is 0.00368. The fourth-order valence-electron chi connectivity index (χ4n) is 4.01. The van der Waals surface area contributed by atoms with Crippen LogP contribution in [0.5, 0.6) is 0 Å². The summed E-state index contributed by atoms with van der Waals surface area (Å²) >= 11 is 0. The van der Waals surface area contributed by atoms with Crippen molar-refractivity contribution in [3.05, 3.63) is 65.0 Å². The summed E-state index contributed by atoms with van der Waals surface area (Å²) in [7, 11) is -4.04. The van der Waals surface area contributed by atoms with Crippen LogP contribution in [0, 0.1) is 17.5 Å². The Kier molecular flexibility index (Phi) is 6.44. The SMILES string of the molecule is O=C(c1ccc(F)c(F)c1)N1CCN(C(=O)c2ccc(F)c(S(=O)(=O)N3CCCC3)c2)CC1. The van der Waals surface area contributed by atoms with Gasteiger partial charge in [-0.2, -0.15) is 4.31 Å². The van der Waals surface area contributed by atoms with Crippen molar-refractivity contribution in [2.75, 3.05) is 39.3 Å². The molecule has 176 valence electrons. The molecule has 4 rings (SSSR count). The largest absolute Gasteiger partial charge is 0.335 e. The molecule has 7 nitrogen and oxygen atoms in total. The third-order valence-corrected chi connectivity index (χ3v) is 7.80. The van der Waals surface area contributed by atoms with Crippen LogP contribution in [0.2, 0.25) is 0 Å². The molecular weight excluding hydrogens is 459 g/mol. The molecular formula is C22H22F3N3O4S. The monoisotopic (exact) mass is 481 g/mol. The van der Waals surface area contributed by atoms with E-state index in [1.54, 1.807) is 0 Å². The molecule has 0 saturated carbocycles. The maximum Gasteiger partial charge on any atom is 0.254 e. The molecule has 2 aromatic carbocycles. The van der Waals surface area contributed by atoms with Crippen molar-refractivity contribution in [1.82, 2.24) is 14.1 Å². The lowest BCUT2D eigenvalue weighted by Crippen LogP contribution is -2.50. The first-order valence-corrected chi connectivity index (χ1v) is 12.0. The second-order valence-electron chi connectivity index (χ2n) is 7.97. The summed E-state index contributed by atoms with van der Waals surface area (Å²) in [6.07, 6.45) is 1.40. The smallest absolute Gasteiger partial charge is 0.254 e. The number of carbonyl (C=O) groups is 2. The zero-order valence-electron chi connectivity index (χ0n) is 17.6. The fourth-order valence-corrected chi connectivity index (χ4v) is 5.62. The van der Waals surface area contributed by atoms with Crippen molar-refractivity contribution in [3.8, 4) is 0 Å². The minimum Gasteiger partial charge on any atom is -0.335 e. The van der Waals surface area contributed by atoms with Crippen molar-refractivity contribution in [2.24, 2.45) is 0 Å². The van der Waals surface area contributed by atoms with Gasteiger partial charge in [0, 0.05) is 50.4 Å². The van der Waals surface area contributed by atoms with Gasteiger partial charge in [-0.1, -0.05) is 0 Å². The highest BCUT2D eigenvalue weighted by atomic mass is 32.2. The topological polar surface area (TPSA) is 78.0 Å². The quantitative estimate of drug-likeness (QED) is 0.673. The second-order valence-corrected chi connectivity index (χ2v) is 9.88. The van der Waals surface area contributed by atoms with Crippen molar-refractivity contribution in [1.29, 1.82) is 0 Å². The zero-order valence-corrected chi connectivity index (χ0v) is 18.5. The Hall–Kier alpha value is -2.92. The van der Waals surface area contributed by atoms with Crippen LogP contribution in [0.3, 0.4) is 0 Å². The van der Waals surface area contributed by atoms with Crippen LogP contribution in [0.25, 0.3) is 0 Å². The number of hydrogen-bond donors (Lipinski definition) is 0. The summed E-state index contributed by atoms with van der Waals surface area (Å²) in [5, 5.41) is 0. The Morgan fingerprint density at radius 2 is 1.15 bits per heavy atom. The Labute approximate surface area is 189 Å². The molecule has 0 bridgehead atoms. The van der Waals surface area contributed by atoms with Crippen LogP contribution in [-0.4, -0.2) is 73.6 Å². The van der Waals surface area contributed by atoms with E-state index in [0.717, 1.165) is 24.3 Å². The van der Waals surface area contributed by atoms with Gasteiger partial charge in [0.1, 0.15) is 10.7 Å². The minimum atomic E-state index is -4.04. The van der Waals surface area contributed by atoms with E-state index in [4.69, 9.17) is 0 Å². The van der Waals surface area contributed by atoms with Crippen molar-refractivity contribution >= 4 is 21.8 Å². The molecule has 0 N–H and O–H groups in total. The number of rotatable bonds is 4. The van der Waals surface area contributed by atoms with Gasteiger partial charge in [0.2, 0.25) is 10.0 Å². The predicted molar refractivity (Wildman–Crippen MR) is 113 cm³/mol. The van der Waals surface area contributed by atoms with Gasteiger partial charge in [0.05, 0.1) is 0 Å². The molecule has 33 heavy (non-hydrogen) atoms. The molecule has 0 radical (unpaired) electrons. The van der Waals surface area contributed by atoms with E-state index in [-0.39, 0.29) is 37.3 Å². The first kappa shape index (κ1) is 23.2. The second kappa shape index (κ2) is 9.14. The number of amides is 2. The van der Waals surface area contributed by atoms with Crippen LogP contribution in [0.4, 0.5) is 13.2 Å². The number of halogens is 3. The standard InChI is InChI=1S/C22H22F3N3O4S/c23-17-5-3-15(13-19(17)25)21(29)26-9-11-27(12-10-26)22(30)16-4-6-18(24)20(14-16)33(31,32)28-7-1-2-8-28/h3-6,13-14H,1-2,7-12H2. The van der Waals surface area contributed by atoms with E-state index in [9.17, 15) is 31.2 Å². The van der Waals surface area contributed by atoms with Crippen molar-refractivity contribution in [3.63, 3.8) is 0 Å². The molecule has 2 aromatic rings. The third-order valence-electron chi connectivity index (χ3n) is 5.88. The first-order chi connectivity index (χ1) is 15.7. The van der Waals surface area contributed by atoms with Gasteiger partial charge in [-0.15, -0.1) is 0 Å². The molecule has 0 aliphatic carbocycles. The lowest BCUT2D eigenvalue weighted by Gasteiger charge is -2.35. The Bertz CT molecular complexity index is 1190. The van der Waals surface area contributed by atoms with E-state index in [1.165, 1.54) is 26.2 Å². The number of nitrogens with zero attached hydrogens (tertiary/aromatic N) is 3. The lowest BCUT2D eigenvalue weighted by atomic mass is 10.1. The van der Waals surface area contributed by atoms with Crippen LogP contribution in [0.1, 0.15) is 33.6 Å². The molecule has 2 fully saturated rings. The van der Waals surface area contributed by atoms with Gasteiger partial charge >= 0.3 is 0 Å². The summed E-state index contributed by atoms with van der Waals surface area (Å²) in [5.74, 6) is -4.05. The van der Waals surface area contributed by atoms with Gasteiger partial charge < -0.3 is 9.80 Å². The number of benzene rings is 2. The molecule has 0 spiro atoms. The van der Waals surface area contributed by atoms with Crippen LogP contribution in [-0.2, 0) is 10.0 Å². The summed E-state index contributed by atoms with van der Waals surface area (Å²) in [6.45, 7) is 1.24. The summed E-state index contributed by atoms with van der Waals surface area (Å²) < 4.78 is 67.7. The molecule has 0 atom stereocenters. The van der Waals surface area contributed by atoms with Crippen molar-refractivity contribution < 1.29 is 31.2 Å². The van der Waals surface area contributed by atoms with E-state index in [2.05, 4.69) is 0 Å². The predicted octanol–water partition coefficient (Wildman–Crippen LogP) is 2.49. The number of sulfonamides is 1. The van der Waals surface area contributed by atoms with Gasteiger partial charge in [-0.3, -0.25) is 9.59 Å². The summed E-state index contributed by atoms with van der Waals surface area (Å²) in [5.41, 5.74) is 0.0403. The van der Waals surface area contributed by atoms with Crippen LogP contribution in [0.15, 0.2) is 41.3 Å².